The van der Waals surface area contributed by atoms with Crippen molar-refractivity contribution in [1.82, 2.24) is 4.98 Å². The van der Waals surface area contributed by atoms with Gasteiger partial charge >= 0.3 is 0 Å². The van der Waals surface area contributed by atoms with Crippen LogP contribution in [-0.4, -0.2) is 4.98 Å². The van der Waals surface area contributed by atoms with Gasteiger partial charge in [-0.2, -0.15) is 0 Å². The molecule has 0 saturated carbocycles. The molecule has 0 fully saturated rings. The zero-order valence-corrected chi connectivity index (χ0v) is 33.4. The summed E-state index contributed by atoms with van der Waals surface area (Å²) in [6.45, 7) is 20.8. The van der Waals surface area contributed by atoms with E-state index in [0.717, 1.165) is 35.5 Å². The molecule has 0 amide bonds. The average molecular weight is 704 g/mol. The first-order chi connectivity index (χ1) is 25.7. The molecule has 0 radical (unpaired) electrons. The van der Waals surface area contributed by atoms with Crippen LogP contribution < -0.4 is 11.1 Å². The van der Waals surface area contributed by atoms with Crippen molar-refractivity contribution in [3.8, 4) is 22.3 Å². The van der Waals surface area contributed by atoms with E-state index < -0.39 is 0 Å². The van der Waals surface area contributed by atoms with Gasteiger partial charge in [0, 0.05) is 35.0 Å². The van der Waals surface area contributed by atoms with Gasteiger partial charge in [0.1, 0.15) is 0 Å². The van der Waals surface area contributed by atoms with Crippen molar-refractivity contribution in [2.45, 2.75) is 81.1 Å². The van der Waals surface area contributed by atoms with Crippen molar-refractivity contribution in [3.05, 3.63) is 174 Å². The molecule has 276 valence electrons. The molecule has 1 aromatic heterocycles. The van der Waals surface area contributed by atoms with E-state index in [0.29, 0.717) is 0 Å². The normalized spacial score (nSPS) is 12.0. The minimum Gasteiger partial charge on any atom is -0.399 e. The van der Waals surface area contributed by atoms with Crippen LogP contribution in [0.15, 0.2) is 146 Å². The van der Waals surface area contributed by atoms with E-state index in [-0.39, 0.29) is 0 Å². The number of aromatic nitrogens is 1. The smallest absolute Gasteiger partial charge is 0.0460 e. The third kappa shape index (κ3) is 12.9. The van der Waals surface area contributed by atoms with Gasteiger partial charge in [0.25, 0.3) is 0 Å². The van der Waals surface area contributed by atoms with Gasteiger partial charge in [-0.25, -0.2) is 0 Å². The fourth-order valence-electron chi connectivity index (χ4n) is 5.98. The minimum atomic E-state index is 0.787. The molecule has 6 rings (SSSR count). The molecule has 0 bridgehead atoms. The van der Waals surface area contributed by atoms with Crippen LogP contribution in [0.1, 0.15) is 88.1 Å². The maximum absolute atomic E-state index is 5.93. The summed E-state index contributed by atoms with van der Waals surface area (Å²) in [5.74, 6) is 0. The van der Waals surface area contributed by atoms with Crippen molar-refractivity contribution in [1.29, 1.82) is 0 Å². The Labute approximate surface area is 320 Å². The van der Waals surface area contributed by atoms with E-state index in [1.807, 2.05) is 37.5 Å². The van der Waals surface area contributed by atoms with Crippen LogP contribution >= 0.6 is 0 Å². The number of benzene rings is 4. The molecule has 4 aromatic carbocycles. The summed E-state index contributed by atoms with van der Waals surface area (Å²) in [5, 5.41) is 3.51. The molecule has 1 heterocycles. The highest BCUT2D eigenvalue weighted by molar-refractivity contribution is 5.83. The Bertz CT molecular complexity index is 1980. The summed E-state index contributed by atoms with van der Waals surface area (Å²) >= 11 is 0. The molecule has 1 aliphatic rings. The first-order valence-corrected chi connectivity index (χ1v) is 19.1. The van der Waals surface area contributed by atoms with Gasteiger partial charge in [-0.3, -0.25) is 0 Å². The fraction of sp³-hybridized carbons (Fsp3) is 0.240. The van der Waals surface area contributed by atoms with Crippen LogP contribution in [0.3, 0.4) is 0 Å². The number of hydrogen-bond donors (Lipinski definition) is 3. The molecule has 1 aliphatic carbocycles. The molecule has 0 spiro atoms. The molecule has 0 atom stereocenters. The lowest BCUT2D eigenvalue weighted by Gasteiger charge is -2.16. The number of para-hydroxylation sites is 1. The first-order valence-electron chi connectivity index (χ1n) is 19.1. The number of hydrogen-bond acceptors (Lipinski definition) is 2. The Morgan fingerprint density at radius 3 is 2.13 bits per heavy atom. The number of aryl methyl sites for hydroxylation is 3. The van der Waals surface area contributed by atoms with Crippen LogP contribution in [0.5, 0.6) is 0 Å². The number of allylic oxidation sites excluding steroid dienone is 9. The highest BCUT2D eigenvalue weighted by Gasteiger charge is 2.11. The van der Waals surface area contributed by atoms with Crippen LogP contribution in [0.2, 0.25) is 0 Å². The SMILES string of the molecule is C=C/C=C(\C=C/C)c1ccc(C)c(-c2cc(-c3cc[nH]c3)ccc2C)c1.CCC.CCC.Cc1cc(N)cc(Nc2ccccc2C2=CC=CCC2)c1. The van der Waals surface area contributed by atoms with E-state index in [1.54, 1.807) is 0 Å². The summed E-state index contributed by atoms with van der Waals surface area (Å²) in [6, 6.07) is 30.0. The van der Waals surface area contributed by atoms with Crippen LogP contribution in [0.4, 0.5) is 17.1 Å². The zero-order chi connectivity index (χ0) is 38.6. The second-order valence-electron chi connectivity index (χ2n) is 13.4. The number of nitrogen functional groups attached to an aromatic ring is 1. The van der Waals surface area contributed by atoms with Gasteiger partial charge in [-0.15, -0.1) is 0 Å². The standard InChI is InChI=1S/C25H25N.C19H20N2.2C3H8/c1-5-7-20(8-6-2)21-11-9-18(3)24(15-21)25-16-22(12-10-19(25)4)23-13-14-26-17-23;1-14-11-16(20)13-17(12-14)21-19-10-6-5-9-18(19)15-7-3-2-4-8-15;2*1-3-2/h5-17,26H,1H2,2-4H3;2-3,5-7,9-13,21H,4,8,20H2,1H3;2*3H2,1-2H3/b8-6-,20-7+;;;. The van der Waals surface area contributed by atoms with Gasteiger partial charge < -0.3 is 16.0 Å². The molecule has 5 aromatic rings. The quantitative estimate of drug-likeness (QED) is 0.111. The minimum absolute atomic E-state index is 0.787. The van der Waals surface area contributed by atoms with E-state index >= 15 is 0 Å². The number of nitrogens with two attached hydrogens (primary N) is 1. The third-order valence-electron chi connectivity index (χ3n) is 8.34. The largest absolute Gasteiger partial charge is 0.399 e. The third-order valence-corrected chi connectivity index (χ3v) is 8.34. The van der Waals surface area contributed by atoms with Crippen LogP contribution in [0.25, 0.3) is 33.4 Å². The Morgan fingerprint density at radius 2 is 1.51 bits per heavy atom. The van der Waals surface area contributed by atoms with E-state index in [4.69, 9.17) is 5.73 Å². The second kappa shape index (κ2) is 22.4. The molecule has 0 unspecified atom stereocenters. The van der Waals surface area contributed by atoms with Gasteiger partial charge in [0.05, 0.1) is 0 Å². The number of aromatic amines is 1. The van der Waals surface area contributed by atoms with E-state index in [2.05, 4.69) is 175 Å². The number of nitrogens with one attached hydrogen (secondary N) is 2. The van der Waals surface area contributed by atoms with Gasteiger partial charge in [-0.1, -0.05) is 132 Å². The van der Waals surface area contributed by atoms with Crippen LogP contribution in [0, 0.1) is 20.8 Å². The Morgan fingerprint density at radius 1 is 0.811 bits per heavy atom. The summed E-state index contributed by atoms with van der Waals surface area (Å²) in [7, 11) is 0. The van der Waals surface area contributed by atoms with E-state index in [1.165, 1.54) is 68.5 Å². The second-order valence-corrected chi connectivity index (χ2v) is 13.4. The molecule has 4 N–H and O–H groups in total. The maximum atomic E-state index is 5.93. The van der Waals surface area contributed by atoms with Crippen molar-refractivity contribution < 1.29 is 0 Å². The summed E-state index contributed by atoms with van der Waals surface area (Å²) in [4.78, 5) is 3.14. The van der Waals surface area contributed by atoms with Crippen molar-refractivity contribution in [3.63, 3.8) is 0 Å². The predicted molar refractivity (Wildman–Crippen MR) is 238 cm³/mol. The van der Waals surface area contributed by atoms with Gasteiger partial charge in [0.2, 0.25) is 0 Å². The summed E-state index contributed by atoms with van der Waals surface area (Å²) in [6.07, 6.45) is 23.3. The molecular weight excluding hydrogens is 643 g/mol. The lowest BCUT2D eigenvalue weighted by Crippen LogP contribution is -1.98. The maximum Gasteiger partial charge on any atom is 0.0460 e. The molecule has 3 nitrogen and oxygen atoms in total. The lowest BCUT2D eigenvalue weighted by molar-refractivity contribution is 1.05. The lowest BCUT2D eigenvalue weighted by atomic mass is 9.90. The Kier molecular flexibility index (Phi) is 17.7. The van der Waals surface area contributed by atoms with Gasteiger partial charge in [-0.05, 0) is 139 Å². The van der Waals surface area contributed by atoms with Crippen LogP contribution in [-0.2, 0) is 0 Å². The highest BCUT2D eigenvalue weighted by atomic mass is 14.9. The number of H-pyrrole nitrogens is 1. The van der Waals surface area contributed by atoms with E-state index in [9.17, 15) is 0 Å². The topological polar surface area (TPSA) is 53.8 Å². The zero-order valence-electron chi connectivity index (χ0n) is 33.4. The summed E-state index contributed by atoms with van der Waals surface area (Å²) < 4.78 is 0. The molecule has 0 aliphatic heterocycles. The Balaban J connectivity index is 0.000000252. The Hall–Kier alpha value is -5.54. The van der Waals surface area contributed by atoms with Crippen molar-refractivity contribution in [2.24, 2.45) is 0 Å². The predicted octanol–water partition coefficient (Wildman–Crippen LogP) is 15.0. The summed E-state index contributed by atoms with van der Waals surface area (Å²) in [5.41, 5.74) is 22.6. The number of anilines is 3. The van der Waals surface area contributed by atoms with Crippen molar-refractivity contribution >= 4 is 28.2 Å². The fourth-order valence-corrected chi connectivity index (χ4v) is 5.98. The average Bonchev–Trinajstić information content (AvgIpc) is 3.69. The molecule has 0 saturated heterocycles. The van der Waals surface area contributed by atoms with Crippen molar-refractivity contribution in [2.75, 3.05) is 11.1 Å². The monoisotopic (exact) mass is 703 g/mol. The highest BCUT2D eigenvalue weighted by Crippen LogP contribution is 2.34. The first kappa shape index (κ1) is 41.9. The molecule has 3 heteroatoms. The molecular formula is C50H61N3. The molecule has 53 heavy (non-hydrogen) atoms. The number of rotatable bonds is 8. The van der Waals surface area contributed by atoms with Gasteiger partial charge in [0.15, 0.2) is 0 Å².